The van der Waals surface area contributed by atoms with Crippen molar-refractivity contribution in [3.8, 4) is 5.75 Å². The van der Waals surface area contributed by atoms with Crippen molar-refractivity contribution in [3.05, 3.63) is 29.8 Å². The molecule has 0 saturated heterocycles. The maximum absolute atomic E-state index is 9.77. The van der Waals surface area contributed by atoms with Crippen molar-refractivity contribution in [2.24, 2.45) is 5.92 Å². The molecule has 16 heavy (non-hydrogen) atoms. The minimum absolute atomic E-state index is 0.138. The zero-order valence-electron chi connectivity index (χ0n) is 10.0. The lowest BCUT2D eigenvalue weighted by molar-refractivity contribution is 0.136. The molecule has 3 atom stereocenters. The zero-order chi connectivity index (χ0) is 11.5. The maximum atomic E-state index is 9.77. The summed E-state index contributed by atoms with van der Waals surface area (Å²) in [6.07, 6.45) is 1.86. The van der Waals surface area contributed by atoms with E-state index in [4.69, 9.17) is 4.74 Å². The number of hydrogen-bond donors (Lipinski definition) is 1. The molecule has 1 fully saturated rings. The Morgan fingerprint density at radius 2 is 2.19 bits per heavy atom. The Bertz CT molecular complexity index is 348. The molecule has 0 aliphatic heterocycles. The van der Waals surface area contributed by atoms with Gasteiger partial charge in [0.2, 0.25) is 0 Å². The maximum Gasteiger partial charge on any atom is 0.119 e. The first-order chi connectivity index (χ1) is 7.72. The molecule has 0 bridgehead atoms. The van der Waals surface area contributed by atoms with Crippen LogP contribution in [0.25, 0.3) is 0 Å². The molecule has 1 aromatic carbocycles. The molecule has 0 aromatic heterocycles. The normalized spacial score (nSPS) is 29.3. The van der Waals surface area contributed by atoms with Crippen LogP contribution in [-0.4, -0.2) is 17.8 Å². The molecule has 2 nitrogen and oxygen atoms in total. The molecule has 0 heterocycles. The topological polar surface area (TPSA) is 29.5 Å². The third-order valence-electron chi connectivity index (χ3n) is 3.61. The summed E-state index contributed by atoms with van der Waals surface area (Å²) in [7, 11) is 0. The van der Waals surface area contributed by atoms with E-state index in [1.54, 1.807) is 0 Å². The summed E-state index contributed by atoms with van der Waals surface area (Å²) < 4.78 is 5.51. The van der Waals surface area contributed by atoms with Gasteiger partial charge in [-0.3, -0.25) is 0 Å². The highest BCUT2D eigenvalue weighted by Gasteiger charge is 2.32. The van der Waals surface area contributed by atoms with E-state index in [0.29, 0.717) is 18.4 Å². The number of ether oxygens (including phenoxy) is 1. The predicted molar refractivity (Wildman–Crippen MR) is 64.8 cm³/mol. The Hall–Kier alpha value is -1.02. The quantitative estimate of drug-likeness (QED) is 0.848. The monoisotopic (exact) mass is 220 g/mol. The van der Waals surface area contributed by atoms with Crippen LogP contribution in [0.4, 0.5) is 0 Å². The van der Waals surface area contributed by atoms with Gasteiger partial charge in [0, 0.05) is 0 Å². The number of rotatable bonds is 3. The number of benzene rings is 1. The van der Waals surface area contributed by atoms with E-state index < -0.39 is 0 Å². The molecule has 0 radical (unpaired) electrons. The van der Waals surface area contributed by atoms with Gasteiger partial charge < -0.3 is 9.84 Å². The highest BCUT2D eigenvalue weighted by molar-refractivity contribution is 5.32. The van der Waals surface area contributed by atoms with Gasteiger partial charge in [0.25, 0.3) is 0 Å². The Kier molecular flexibility index (Phi) is 3.49. The minimum Gasteiger partial charge on any atom is -0.494 e. The lowest BCUT2D eigenvalue weighted by Gasteiger charge is -2.18. The van der Waals surface area contributed by atoms with Gasteiger partial charge in [0.1, 0.15) is 5.75 Å². The third kappa shape index (κ3) is 2.22. The van der Waals surface area contributed by atoms with Gasteiger partial charge in [0.15, 0.2) is 0 Å². The molecule has 1 N–H and O–H groups in total. The fourth-order valence-corrected chi connectivity index (χ4v) is 2.62. The average molecular weight is 220 g/mol. The van der Waals surface area contributed by atoms with Crippen LogP contribution in [0.2, 0.25) is 0 Å². The summed E-state index contributed by atoms with van der Waals surface area (Å²) in [6, 6.07) is 8.28. The summed E-state index contributed by atoms with van der Waals surface area (Å²) in [4.78, 5) is 0. The standard InChI is InChI=1S/C14H20O2/c1-3-16-12-6-4-5-11(9-12)13-7-8-14(15)10(13)2/h4-6,9-10,13-15H,3,7-8H2,1-2H3. The van der Waals surface area contributed by atoms with Crippen LogP contribution < -0.4 is 4.74 Å². The van der Waals surface area contributed by atoms with Crippen molar-refractivity contribution >= 4 is 0 Å². The average Bonchev–Trinajstić information content (AvgIpc) is 2.61. The largest absolute Gasteiger partial charge is 0.494 e. The summed E-state index contributed by atoms with van der Waals surface area (Å²) in [5, 5.41) is 9.77. The summed E-state index contributed by atoms with van der Waals surface area (Å²) in [5.74, 6) is 1.78. The molecule has 88 valence electrons. The van der Waals surface area contributed by atoms with Crippen molar-refractivity contribution < 1.29 is 9.84 Å². The van der Waals surface area contributed by atoms with E-state index in [2.05, 4.69) is 19.1 Å². The summed E-state index contributed by atoms with van der Waals surface area (Å²) in [6.45, 7) is 4.83. The van der Waals surface area contributed by atoms with Gasteiger partial charge in [-0.1, -0.05) is 19.1 Å². The molecule has 1 aliphatic carbocycles. The van der Waals surface area contributed by atoms with Gasteiger partial charge in [-0.25, -0.2) is 0 Å². The molecule has 1 aromatic rings. The first kappa shape index (κ1) is 11.5. The van der Waals surface area contributed by atoms with Crippen LogP contribution in [0, 0.1) is 5.92 Å². The van der Waals surface area contributed by atoms with Crippen molar-refractivity contribution in [1.29, 1.82) is 0 Å². The predicted octanol–water partition coefficient (Wildman–Crippen LogP) is 2.96. The van der Waals surface area contributed by atoms with Gasteiger partial charge in [-0.15, -0.1) is 0 Å². The Morgan fingerprint density at radius 1 is 1.38 bits per heavy atom. The second kappa shape index (κ2) is 4.88. The zero-order valence-corrected chi connectivity index (χ0v) is 10.0. The highest BCUT2D eigenvalue weighted by atomic mass is 16.5. The van der Waals surface area contributed by atoms with E-state index in [1.807, 2.05) is 19.1 Å². The SMILES string of the molecule is CCOc1cccc(C2CCC(O)C2C)c1. The lowest BCUT2D eigenvalue weighted by Crippen LogP contribution is -2.14. The molecule has 0 amide bonds. The van der Waals surface area contributed by atoms with E-state index in [1.165, 1.54) is 5.56 Å². The fraction of sp³-hybridized carbons (Fsp3) is 0.571. The van der Waals surface area contributed by atoms with Gasteiger partial charge in [-0.2, -0.15) is 0 Å². The van der Waals surface area contributed by atoms with Crippen LogP contribution in [0.15, 0.2) is 24.3 Å². The van der Waals surface area contributed by atoms with Crippen molar-refractivity contribution in [1.82, 2.24) is 0 Å². The van der Waals surface area contributed by atoms with Crippen molar-refractivity contribution in [2.75, 3.05) is 6.61 Å². The lowest BCUT2D eigenvalue weighted by atomic mass is 9.89. The molecule has 3 unspecified atom stereocenters. The minimum atomic E-state index is -0.138. The summed E-state index contributed by atoms with van der Waals surface area (Å²) >= 11 is 0. The van der Waals surface area contributed by atoms with E-state index in [0.717, 1.165) is 18.6 Å². The number of aliphatic hydroxyl groups is 1. The number of aliphatic hydroxyl groups excluding tert-OH is 1. The van der Waals surface area contributed by atoms with Crippen LogP contribution in [0.5, 0.6) is 5.75 Å². The second-order valence-corrected chi connectivity index (χ2v) is 4.62. The Morgan fingerprint density at radius 3 is 2.81 bits per heavy atom. The first-order valence-electron chi connectivity index (χ1n) is 6.13. The van der Waals surface area contributed by atoms with Gasteiger partial charge in [-0.05, 0) is 49.3 Å². The van der Waals surface area contributed by atoms with E-state index >= 15 is 0 Å². The molecular weight excluding hydrogens is 200 g/mol. The molecule has 1 saturated carbocycles. The van der Waals surface area contributed by atoms with Gasteiger partial charge in [0.05, 0.1) is 12.7 Å². The highest BCUT2D eigenvalue weighted by Crippen LogP contribution is 2.40. The third-order valence-corrected chi connectivity index (χ3v) is 3.61. The Labute approximate surface area is 97.3 Å². The second-order valence-electron chi connectivity index (χ2n) is 4.62. The van der Waals surface area contributed by atoms with Crippen molar-refractivity contribution in [2.45, 2.75) is 38.7 Å². The molecule has 2 rings (SSSR count). The molecule has 2 heteroatoms. The van der Waals surface area contributed by atoms with Crippen LogP contribution in [0.3, 0.4) is 0 Å². The summed E-state index contributed by atoms with van der Waals surface area (Å²) in [5.41, 5.74) is 1.30. The number of hydrogen-bond acceptors (Lipinski definition) is 2. The van der Waals surface area contributed by atoms with Crippen LogP contribution in [-0.2, 0) is 0 Å². The smallest absolute Gasteiger partial charge is 0.119 e. The van der Waals surface area contributed by atoms with E-state index in [9.17, 15) is 5.11 Å². The van der Waals surface area contributed by atoms with Crippen molar-refractivity contribution in [3.63, 3.8) is 0 Å². The van der Waals surface area contributed by atoms with E-state index in [-0.39, 0.29) is 6.10 Å². The molecule has 0 spiro atoms. The van der Waals surface area contributed by atoms with Crippen LogP contribution >= 0.6 is 0 Å². The molecular formula is C14H20O2. The fourth-order valence-electron chi connectivity index (χ4n) is 2.62. The Balaban J connectivity index is 2.17. The van der Waals surface area contributed by atoms with Gasteiger partial charge >= 0.3 is 0 Å². The van der Waals surface area contributed by atoms with Crippen LogP contribution in [0.1, 0.15) is 38.2 Å². The molecule has 1 aliphatic rings. The first-order valence-corrected chi connectivity index (χ1v) is 6.13.